The number of carboxylic acid groups (broad SMARTS) is 1. The molecular weight excluding hydrogens is 359 g/mol. The molecule has 0 heterocycles. The summed E-state index contributed by atoms with van der Waals surface area (Å²) >= 11 is 0. The first kappa shape index (κ1) is 17.4. The van der Waals surface area contributed by atoms with E-state index < -0.39 is 33.4 Å². The van der Waals surface area contributed by atoms with Crippen LogP contribution in [0.15, 0.2) is 35.2 Å². The lowest BCUT2D eigenvalue weighted by atomic mass is 10.0. The highest BCUT2D eigenvalue weighted by Gasteiger charge is 2.29. The minimum Gasteiger partial charge on any atom is -0.478 e. The molecule has 9 heteroatoms. The molecule has 5 nitrogen and oxygen atoms in total. The molecule has 1 aliphatic rings. The molecule has 1 aliphatic carbocycles. The topological polar surface area (TPSA) is 83.5 Å². The highest BCUT2D eigenvalue weighted by Crippen LogP contribution is 2.29. The molecule has 0 aromatic heterocycles. The summed E-state index contributed by atoms with van der Waals surface area (Å²) in [5.41, 5.74) is -0.616. The standard InChI is InChI=1S/C16H12F3NO4S/c17-13-6-9(7-14(18)15(13)19)8-3-10(16(21)22)5-12(4-8)25(23,24)20-11-1-2-11/h3-7,11,20H,1-2H2,(H,21,22). The highest BCUT2D eigenvalue weighted by molar-refractivity contribution is 7.89. The predicted molar refractivity (Wildman–Crippen MR) is 82.1 cm³/mol. The molecule has 0 saturated heterocycles. The van der Waals surface area contributed by atoms with Crippen molar-refractivity contribution in [3.05, 3.63) is 53.3 Å². The van der Waals surface area contributed by atoms with Crippen molar-refractivity contribution >= 4 is 16.0 Å². The van der Waals surface area contributed by atoms with Crippen LogP contribution in [0.3, 0.4) is 0 Å². The molecule has 0 aliphatic heterocycles. The number of nitrogens with one attached hydrogen (secondary N) is 1. The van der Waals surface area contributed by atoms with E-state index in [0.717, 1.165) is 18.2 Å². The lowest BCUT2D eigenvalue weighted by Gasteiger charge is -2.10. The van der Waals surface area contributed by atoms with Gasteiger partial charge in [0.15, 0.2) is 17.5 Å². The minimum absolute atomic E-state index is 0.0612. The van der Waals surface area contributed by atoms with Crippen LogP contribution in [0.25, 0.3) is 11.1 Å². The number of hydrogen-bond acceptors (Lipinski definition) is 3. The molecule has 25 heavy (non-hydrogen) atoms. The molecule has 2 N–H and O–H groups in total. The summed E-state index contributed by atoms with van der Waals surface area (Å²) in [6.07, 6.45) is 1.36. The zero-order valence-electron chi connectivity index (χ0n) is 12.6. The summed E-state index contributed by atoms with van der Waals surface area (Å²) in [4.78, 5) is 10.9. The molecule has 0 unspecified atom stereocenters. The van der Waals surface area contributed by atoms with E-state index in [9.17, 15) is 31.5 Å². The number of carboxylic acids is 1. The van der Waals surface area contributed by atoms with E-state index in [-0.39, 0.29) is 27.6 Å². The number of sulfonamides is 1. The van der Waals surface area contributed by atoms with Crippen LogP contribution in [0.5, 0.6) is 0 Å². The van der Waals surface area contributed by atoms with Gasteiger partial charge in [0.2, 0.25) is 10.0 Å². The molecule has 0 atom stereocenters. The fourth-order valence-electron chi connectivity index (χ4n) is 2.26. The SMILES string of the molecule is O=C(O)c1cc(-c2cc(F)c(F)c(F)c2)cc(S(=O)(=O)NC2CC2)c1. The van der Waals surface area contributed by atoms with Gasteiger partial charge in [0, 0.05) is 6.04 Å². The Bertz CT molecular complexity index is 948. The number of aromatic carboxylic acids is 1. The van der Waals surface area contributed by atoms with E-state index in [0.29, 0.717) is 25.0 Å². The fraction of sp³-hybridized carbons (Fsp3) is 0.188. The van der Waals surface area contributed by atoms with Crippen molar-refractivity contribution in [3.63, 3.8) is 0 Å². The number of hydrogen-bond donors (Lipinski definition) is 2. The number of rotatable bonds is 5. The lowest BCUT2D eigenvalue weighted by molar-refractivity contribution is 0.0696. The van der Waals surface area contributed by atoms with Crippen LogP contribution >= 0.6 is 0 Å². The van der Waals surface area contributed by atoms with Crippen molar-refractivity contribution in [1.82, 2.24) is 4.72 Å². The molecular formula is C16H12F3NO4S. The van der Waals surface area contributed by atoms with E-state index in [1.807, 2.05) is 0 Å². The van der Waals surface area contributed by atoms with Gasteiger partial charge in [0.25, 0.3) is 0 Å². The smallest absolute Gasteiger partial charge is 0.335 e. The van der Waals surface area contributed by atoms with Gasteiger partial charge in [-0.25, -0.2) is 31.1 Å². The summed E-state index contributed by atoms with van der Waals surface area (Å²) in [5.74, 6) is -6.00. The zero-order valence-corrected chi connectivity index (χ0v) is 13.4. The quantitative estimate of drug-likeness (QED) is 0.792. The number of benzene rings is 2. The van der Waals surface area contributed by atoms with E-state index in [2.05, 4.69) is 4.72 Å². The lowest BCUT2D eigenvalue weighted by Crippen LogP contribution is -2.26. The molecule has 2 aromatic carbocycles. The maximum atomic E-state index is 13.4. The normalized spacial score (nSPS) is 14.5. The van der Waals surface area contributed by atoms with Gasteiger partial charge < -0.3 is 5.11 Å². The average molecular weight is 371 g/mol. The third-order valence-corrected chi connectivity index (χ3v) is 5.18. The van der Waals surface area contributed by atoms with Crippen molar-refractivity contribution in [2.75, 3.05) is 0 Å². The summed E-state index contributed by atoms with van der Waals surface area (Å²) in [5, 5.41) is 9.17. The largest absolute Gasteiger partial charge is 0.478 e. The molecule has 0 radical (unpaired) electrons. The van der Waals surface area contributed by atoms with Gasteiger partial charge in [-0.2, -0.15) is 0 Å². The molecule has 132 valence electrons. The Kier molecular flexibility index (Phi) is 4.29. The van der Waals surface area contributed by atoms with Crippen LogP contribution in [0.2, 0.25) is 0 Å². The van der Waals surface area contributed by atoms with Crippen molar-refractivity contribution in [1.29, 1.82) is 0 Å². The Morgan fingerprint density at radius 3 is 2.08 bits per heavy atom. The summed E-state index contributed by atoms with van der Waals surface area (Å²) < 4.78 is 67.0. The van der Waals surface area contributed by atoms with Gasteiger partial charge in [0.05, 0.1) is 10.5 Å². The van der Waals surface area contributed by atoms with Crippen LogP contribution in [-0.2, 0) is 10.0 Å². The Morgan fingerprint density at radius 1 is 1.00 bits per heavy atom. The summed E-state index contributed by atoms with van der Waals surface area (Å²) in [6, 6.07) is 4.23. The van der Waals surface area contributed by atoms with E-state index >= 15 is 0 Å². The van der Waals surface area contributed by atoms with Crippen LogP contribution in [-0.4, -0.2) is 25.5 Å². The summed E-state index contributed by atoms with van der Waals surface area (Å²) in [6.45, 7) is 0. The van der Waals surface area contributed by atoms with Crippen LogP contribution in [0, 0.1) is 17.5 Å². The molecule has 0 bridgehead atoms. The Morgan fingerprint density at radius 2 is 1.56 bits per heavy atom. The van der Waals surface area contributed by atoms with Crippen LogP contribution in [0.1, 0.15) is 23.2 Å². The van der Waals surface area contributed by atoms with Gasteiger partial charge in [-0.1, -0.05) is 0 Å². The molecule has 0 spiro atoms. The van der Waals surface area contributed by atoms with Crippen LogP contribution < -0.4 is 4.72 Å². The first-order chi connectivity index (χ1) is 11.7. The van der Waals surface area contributed by atoms with Crippen molar-refractivity contribution in [3.8, 4) is 11.1 Å². The maximum Gasteiger partial charge on any atom is 0.335 e. The van der Waals surface area contributed by atoms with Gasteiger partial charge >= 0.3 is 5.97 Å². The van der Waals surface area contributed by atoms with Crippen molar-refractivity contribution in [2.45, 2.75) is 23.8 Å². The molecule has 0 amide bonds. The van der Waals surface area contributed by atoms with Gasteiger partial charge in [-0.3, -0.25) is 0 Å². The molecule has 2 aromatic rings. The summed E-state index contributed by atoms with van der Waals surface area (Å²) in [7, 11) is -3.99. The molecule has 3 rings (SSSR count). The first-order valence-corrected chi connectivity index (χ1v) is 8.71. The second kappa shape index (κ2) is 6.16. The Labute approximate surface area is 141 Å². The maximum absolute atomic E-state index is 13.4. The van der Waals surface area contributed by atoms with Gasteiger partial charge in [-0.05, 0) is 54.3 Å². The zero-order chi connectivity index (χ0) is 18.4. The first-order valence-electron chi connectivity index (χ1n) is 7.23. The minimum atomic E-state index is -3.99. The van der Waals surface area contributed by atoms with E-state index in [1.165, 1.54) is 0 Å². The van der Waals surface area contributed by atoms with Crippen molar-refractivity contribution < 1.29 is 31.5 Å². The Balaban J connectivity index is 2.15. The van der Waals surface area contributed by atoms with Gasteiger partial charge in [0.1, 0.15) is 0 Å². The number of carbonyl (C=O) groups is 1. The predicted octanol–water partition coefficient (Wildman–Crippen LogP) is 2.91. The molecule has 1 saturated carbocycles. The van der Waals surface area contributed by atoms with Crippen LogP contribution in [0.4, 0.5) is 13.2 Å². The van der Waals surface area contributed by atoms with E-state index in [4.69, 9.17) is 0 Å². The molecule has 1 fully saturated rings. The van der Waals surface area contributed by atoms with Gasteiger partial charge in [-0.15, -0.1) is 0 Å². The second-order valence-electron chi connectivity index (χ2n) is 5.70. The fourth-order valence-corrected chi connectivity index (χ4v) is 3.63. The Hall–Kier alpha value is -2.39. The van der Waals surface area contributed by atoms with Crippen molar-refractivity contribution in [2.24, 2.45) is 0 Å². The van der Waals surface area contributed by atoms with E-state index in [1.54, 1.807) is 0 Å². The monoisotopic (exact) mass is 371 g/mol. The number of halogens is 3. The second-order valence-corrected chi connectivity index (χ2v) is 7.41. The average Bonchev–Trinajstić information content (AvgIpc) is 3.34. The third kappa shape index (κ3) is 3.67. The highest BCUT2D eigenvalue weighted by atomic mass is 32.2. The third-order valence-electron chi connectivity index (χ3n) is 3.68.